The van der Waals surface area contributed by atoms with Crippen LogP contribution in [0.2, 0.25) is 0 Å². The molecule has 0 radical (unpaired) electrons. The van der Waals surface area contributed by atoms with Crippen LogP contribution in [0.1, 0.15) is 12.5 Å². The minimum Gasteiger partial charge on any atom is -0.507 e. The fraction of sp³-hybridized carbons (Fsp3) is 0.200. The first-order valence-corrected chi connectivity index (χ1v) is 4.38. The van der Waals surface area contributed by atoms with E-state index in [2.05, 4.69) is 9.99 Å². The number of phenols is 1. The summed E-state index contributed by atoms with van der Waals surface area (Å²) in [5, 5.41) is 21.7. The topological polar surface area (TPSA) is 79.1 Å². The van der Waals surface area contributed by atoms with E-state index in [4.69, 9.17) is 5.11 Å². The van der Waals surface area contributed by atoms with E-state index in [0.29, 0.717) is 0 Å². The van der Waals surface area contributed by atoms with Crippen molar-refractivity contribution in [2.45, 2.75) is 6.92 Å². The molecule has 15 heavy (non-hydrogen) atoms. The molecule has 2 N–H and O–H groups in total. The summed E-state index contributed by atoms with van der Waals surface area (Å²) in [5.41, 5.74) is -0.173. The van der Waals surface area contributed by atoms with Gasteiger partial charge in [0.05, 0.1) is 5.56 Å². The number of carboxylic acids is 1. The number of aromatic hydroxyl groups is 1. The number of carbonyl (C=O) groups is 1. The molecule has 0 saturated heterocycles. The van der Waals surface area contributed by atoms with E-state index >= 15 is 0 Å². The average Bonchev–Trinajstić information content (AvgIpc) is 2.20. The molecule has 0 heterocycles. The number of para-hydroxylation sites is 1. The van der Waals surface area contributed by atoms with Gasteiger partial charge in [-0.05, 0) is 19.1 Å². The van der Waals surface area contributed by atoms with Gasteiger partial charge in [0.25, 0.3) is 0 Å². The second-order valence-corrected chi connectivity index (χ2v) is 2.68. The van der Waals surface area contributed by atoms with E-state index in [0.717, 1.165) is 0 Å². The average molecular weight is 209 g/mol. The molecule has 0 aromatic heterocycles. The maximum Gasteiger partial charge on any atom is 0.358 e. The zero-order chi connectivity index (χ0) is 11.3. The van der Waals surface area contributed by atoms with Crippen LogP contribution in [0.25, 0.3) is 0 Å². The molecule has 5 heteroatoms. The fourth-order valence-corrected chi connectivity index (χ4v) is 1.01. The van der Waals surface area contributed by atoms with Crippen LogP contribution in [0.4, 0.5) is 0 Å². The molecule has 5 nitrogen and oxygen atoms in total. The summed E-state index contributed by atoms with van der Waals surface area (Å²) < 4.78 is 0. The number of hydrogen-bond acceptors (Lipinski definition) is 4. The van der Waals surface area contributed by atoms with Gasteiger partial charge < -0.3 is 15.1 Å². The highest BCUT2D eigenvalue weighted by molar-refractivity contribution is 6.43. The van der Waals surface area contributed by atoms with Crippen molar-refractivity contribution in [1.82, 2.24) is 0 Å². The number of nitrogens with zero attached hydrogens (tertiary/aromatic N) is 1. The van der Waals surface area contributed by atoms with Gasteiger partial charge in [0, 0.05) is 0 Å². The zero-order valence-corrected chi connectivity index (χ0v) is 8.17. The number of oxime groups is 1. The highest BCUT2D eigenvalue weighted by atomic mass is 16.6. The Hall–Kier alpha value is -2.04. The molecule has 1 aromatic rings. The molecule has 1 rings (SSSR count). The van der Waals surface area contributed by atoms with Gasteiger partial charge in [-0.25, -0.2) is 4.79 Å². The Morgan fingerprint density at radius 1 is 1.47 bits per heavy atom. The van der Waals surface area contributed by atoms with Crippen LogP contribution < -0.4 is 0 Å². The van der Waals surface area contributed by atoms with E-state index in [1.165, 1.54) is 12.1 Å². The van der Waals surface area contributed by atoms with Gasteiger partial charge >= 0.3 is 5.97 Å². The molecule has 0 aliphatic carbocycles. The van der Waals surface area contributed by atoms with Crippen LogP contribution in [0, 0.1) is 0 Å². The third-order valence-corrected chi connectivity index (χ3v) is 1.65. The van der Waals surface area contributed by atoms with Crippen molar-refractivity contribution in [3.63, 3.8) is 0 Å². The van der Waals surface area contributed by atoms with Crippen LogP contribution in [-0.4, -0.2) is 28.5 Å². The SMILES string of the molecule is CCON=C(C(=O)O)c1ccccc1O. The summed E-state index contributed by atoms with van der Waals surface area (Å²) in [5.74, 6) is -1.39. The quantitative estimate of drug-likeness (QED) is 0.577. The van der Waals surface area contributed by atoms with Crippen LogP contribution in [0.5, 0.6) is 5.75 Å². The van der Waals surface area contributed by atoms with Crippen LogP contribution >= 0.6 is 0 Å². The van der Waals surface area contributed by atoms with Crippen molar-refractivity contribution in [2.24, 2.45) is 5.16 Å². The highest BCUT2D eigenvalue weighted by Gasteiger charge is 2.16. The van der Waals surface area contributed by atoms with Crippen molar-refractivity contribution < 1.29 is 19.8 Å². The van der Waals surface area contributed by atoms with Crippen LogP contribution in [-0.2, 0) is 9.63 Å². The van der Waals surface area contributed by atoms with Crippen molar-refractivity contribution in [2.75, 3.05) is 6.61 Å². The van der Waals surface area contributed by atoms with E-state index < -0.39 is 5.97 Å². The number of carboxylic acid groups (broad SMARTS) is 1. The molecule has 0 amide bonds. The fourth-order valence-electron chi connectivity index (χ4n) is 1.01. The molecule has 0 spiro atoms. The number of benzene rings is 1. The number of rotatable bonds is 4. The van der Waals surface area contributed by atoms with Gasteiger partial charge in [0.2, 0.25) is 0 Å². The third kappa shape index (κ3) is 2.70. The van der Waals surface area contributed by atoms with Gasteiger partial charge in [-0.2, -0.15) is 0 Å². The predicted octanol–water partition coefficient (Wildman–Crippen LogP) is 1.22. The molecule has 0 fully saturated rings. The number of phenolic OH excluding ortho intramolecular Hbond substituents is 1. The largest absolute Gasteiger partial charge is 0.507 e. The zero-order valence-electron chi connectivity index (χ0n) is 8.17. The minimum atomic E-state index is -1.25. The van der Waals surface area contributed by atoms with E-state index in [-0.39, 0.29) is 23.6 Å². The first-order valence-electron chi connectivity index (χ1n) is 4.38. The lowest BCUT2D eigenvalue weighted by Gasteiger charge is -2.03. The Kier molecular flexibility index (Phi) is 3.68. The molecule has 0 unspecified atom stereocenters. The summed E-state index contributed by atoms with van der Waals surface area (Å²) in [7, 11) is 0. The second kappa shape index (κ2) is 4.99. The van der Waals surface area contributed by atoms with Crippen molar-refractivity contribution in [3.8, 4) is 5.75 Å². The Morgan fingerprint density at radius 2 is 2.13 bits per heavy atom. The second-order valence-electron chi connectivity index (χ2n) is 2.68. The molecule has 1 aromatic carbocycles. The van der Waals surface area contributed by atoms with Crippen molar-refractivity contribution in [1.29, 1.82) is 0 Å². The standard InChI is InChI=1S/C10H11NO4/c1-2-15-11-9(10(13)14)7-5-3-4-6-8(7)12/h3-6,12H,2H2,1H3,(H,13,14). The van der Waals surface area contributed by atoms with Crippen molar-refractivity contribution >= 4 is 11.7 Å². The van der Waals surface area contributed by atoms with E-state index in [1.54, 1.807) is 19.1 Å². The summed E-state index contributed by atoms with van der Waals surface area (Å²) in [6.45, 7) is 1.96. The van der Waals surface area contributed by atoms with E-state index in [1.807, 2.05) is 0 Å². The summed E-state index contributed by atoms with van der Waals surface area (Å²) >= 11 is 0. The van der Waals surface area contributed by atoms with Gasteiger partial charge in [-0.1, -0.05) is 17.3 Å². The first-order chi connectivity index (χ1) is 7.16. The van der Waals surface area contributed by atoms with Crippen LogP contribution in [0.3, 0.4) is 0 Å². The summed E-state index contributed by atoms with van der Waals surface area (Å²) in [6.07, 6.45) is 0. The third-order valence-electron chi connectivity index (χ3n) is 1.65. The maximum atomic E-state index is 10.8. The monoisotopic (exact) mass is 209 g/mol. The first kappa shape index (κ1) is 11.0. The Morgan fingerprint density at radius 3 is 2.67 bits per heavy atom. The van der Waals surface area contributed by atoms with Crippen molar-refractivity contribution in [3.05, 3.63) is 29.8 Å². The normalized spacial score (nSPS) is 11.1. The molecule has 0 aliphatic heterocycles. The Balaban J connectivity index is 3.10. The Bertz CT molecular complexity index is 387. The molecule has 0 bridgehead atoms. The highest BCUT2D eigenvalue weighted by Crippen LogP contribution is 2.16. The summed E-state index contributed by atoms with van der Waals surface area (Å²) in [4.78, 5) is 15.5. The molecule has 0 saturated carbocycles. The maximum absolute atomic E-state index is 10.8. The number of hydrogen-bond donors (Lipinski definition) is 2. The lowest BCUT2D eigenvalue weighted by atomic mass is 10.1. The smallest absolute Gasteiger partial charge is 0.358 e. The molecule has 0 atom stereocenters. The molecule has 0 aliphatic rings. The van der Waals surface area contributed by atoms with Gasteiger partial charge in [-0.3, -0.25) is 0 Å². The molecular weight excluding hydrogens is 198 g/mol. The predicted molar refractivity (Wildman–Crippen MR) is 53.9 cm³/mol. The Labute approximate surface area is 86.6 Å². The lowest BCUT2D eigenvalue weighted by Crippen LogP contribution is -2.15. The van der Waals surface area contributed by atoms with Crippen LogP contribution in [0.15, 0.2) is 29.4 Å². The van der Waals surface area contributed by atoms with Gasteiger partial charge in [0.1, 0.15) is 12.4 Å². The van der Waals surface area contributed by atoms with Gasteiger partial charge in [0.15, 0.2) is 5.71 Å². The minimum absolute atomic E-state index is 0.137. The van der Waals surface area contributed by atoms with E-state index in [9.17, 15) is 9.90 Å². The molecular formula is C10H11NO4. The summed E-state index contributed by atoms with van der Waals surface area (Å²) in [6, 6.07) is 6.06. The molecule has 80 valence electrons. The van der Waals surface area contributed by atoms with Gasteiger partial charge in [-0.15, -0.1) is 0 Å². The lowest BCUT2D eigenvalue weighted by molar-refractivity contribution is -0.129. The number of aliphatic carboxylic acids is 1.